The summed E-state index contributed by atoms with van der Waals surface area (Å²) in [5.74, 6) is -0.826. The van der Waals surface area contributed by atoms with Crippen molar-refractivity contribution in [3.63, 3.8) is 0 Å². The molecule has 4 heteroatoms. The minimum absolute atomic E-state index is 0.0451. The van der Waals surface area contributed by atoms with Crippen molar-refractivity contribution in [1.29, 1.82) is 0 Å². The first kappa shape index (κ1) is 10.2. The Morgan fingerprint density at radius 3 is 2.69 bits per heavy atom. The molecule has 0 radical (unpaired) electrons. The number of nitrogens with two attached hydrogens (primary N) is 1. The molecule has 70 valence electrons. The van der Waals surface area contributed by atoms with Crippen LogP contribution in [0.3, 0.4) is 0 Å². The first-order chi connectivity index (χ1) is 6.13. The van der Waals surface area contributed by atoms with Gasteiger partial charge in [0.2, 0.25) is 0 Å². The second kappa shape index (κ2) is 4.39. The van der Waals surface area contributed by atoms with E-state index in [0.717, 1.165) is 15.6 Å². The number of aliphatic carboxylic acids is 1. The van der Waals surface area contributed by atoms with Crippen molar-refractivity contribution in [3.8, 4) is 0 Å². The molecule has 0 atom stereocenters. The quantitative estimate of drug-likeness (QED) is 0.847. The van der Waals surface area contributed by atoms with Crippen LogP contribution in [0.5, 0.6) is 0 Å². The van der Waals surface area contributed by atoms with Crippen molar-refractivity contribution < 1.29 is 9.90 Å². The predicted molar refractivity (Wildman–Crippen MR) is 53.4 cm³/mol. The number of hydrogen-bond acceptors (Lipinski definition) is 2. The fourth-order valence-electron chi connectivity index (χ4n) is 1.04. The third-order valence-electron chi connectivity index (χ3n) is 1.69. The Hall–Kier alpha value is -0.870. The van der Waals surface area contributed by atoms with Gasteiger partial charge in [-0.2, -0.15) is 0 Å². The number of hydrogen-bond donors (Lipinski definition) is 2. The number of halogens is 1. The summed E-state index contributed by atoms with van der Waals surface area (Å²) in [7, 11) is 0. The van der Waals surface area contributed by atoms with Crippen molar-refractivity contribution in [1.82, 2.24) is 0 Å². The number of rotatable bonds is 3. The summed E-state index contributed by atoms with van der Waals surface area (Å²) < 4.78 is 0.869. The van der Waals surface area contributed by atoms with E-state index in [1.165, 1.54) is 0 Å². The Labute approximate surface area is 84.7 Å². The van der Waals surface area contributed by atoms with Crippen molar-refractivity contribution >= 4 is 21.9 Å². The van der Waals surface area contributed by atoms with Crippen molar-refractivity contribution in [2.45, 2.75) is 13.0 Å². The highest BCUT2D eigenvalue weighted by Crippen LogP contribution is 2.18. The van der Waals surface area contributed by atoms with Crippen LogP contribution in [-0.2, 0) is 17.8 Å². The van der Waals surface area contributed by atoms with Gasteiger partial charge < -0.3 is 10.8 Å². The Balaban J connectivity index is 2.89. The second-order valence-electron chi connectivity index (χ2n) is 2.70. The number of benzene rings is 1. The maximum atomic E-state index is 10.4. The molecule has 0 aliphatic rings. The van der Waals surface area contributed by atoms with Gasteiger partial charge in [0.05, 0.1) is 6.42 Å². The average Bonchev–Trinajstić information content (AvgIpc) is 2.03. The molecule has 1 rings (SSSR count). The van der Waals surface area contributed by atoms with E-state index in [-0.39, 0.29) is 6.42 Å². The molecular weight excluding hydrogens is 234 g/mol. The Morgan fingerprint density at radius 1 is 1.54 bits per heavy atom. The van der Waals surface area contributed by atoms with E-state index < -0.39 is 5.97 Å². The molecule has 0 bridgehead atoms. The van der Waals surface area contributed by atoms with Crippen molar-refractivity contribution in [2.24, 2.45) is 5.73 Å². The molecule has 0 fully saturated rings. The highest BCUT2D eigenvalue weighted by Gasteiger charge is 2.03. The van der Waals surface area contributed by atoms with Crippen LogP contribution in [0.15, 0.2) is 22.7 Å². The summed E-state index contributed by atoms with van der Waals surface area (Å²) in [5.41, 5.74) is 7.21. The molecular formula is C9H10BrNO2. The largest absolute Gasteiger partial charge is 0.481 e. The monoisotopic (exact) mass is 243 g/mol. The topological polar surface area (TPSA) is 63.3 Å². The molecule has 0 heterocycles. The Bertz CT molecular complexity index is 325. The molecule has 0 spiro atoms. The number of carboxylic acids is 1. The summed E-state index contributed by atoms with van der Waals surface area (Å²) >= 11 is 3.32. The molecule has 0 unspecified atom stereocenters. The number of carbonyl (C=O) groups is 1. The summed E-state index contributed by atoms with van der Waals surface area (Å²) in [6.07, 6.45) is 0.0451. The van der Waals surface area contributed by atoms with Gasteiger partial charge in [0, 0.05) is 11.0 Å². The van der Waals surface area contributed by atoms with Gasteiger partial charge in [-0.25, -0.2) is 0 Å². The lowest BCUT2D eigenvalue weighted by Crippen LogP contribution is -2.02. The van der Waals surface area contributed by atoms with Gasteiger partial charge in [-0.05, 0) is 17.2 Å². The molecule has 1 aromatic rings. The van der Waals surface area contributed by atoms with Crippen LogP contribution in [0.1, 0.15) is 11.1 Å². The molecule has 13 heavy (non-hydrogen) atoms. The average molecular weight is 244 g/mol. The van der Waals surface area contributed by atoms with E-state index in [1.54, 1.807) is 12.1 Å². The zero-order valence-electron chi connectivity index (χ0n) is 6.96. The van der Waals surface area contributed by atoms with Gasteiger partial charge >= 0.3 is 5.97 Å². The first-order valence-corrected chi connectivity index (χ1v) is 4.62. The standard InChI is InChI=1S/C9H10BrNO2/c10-8-3-6(4-9(12)13)1-2-7(8)5-11/h1-3H,4-5,11H2,(H,12,13). The summed E-state index contributed by atoms with van der Waals surface area (Å²) in [6.45, 7) is 0.452. The van der Waals surface area contributed by atoms with Crippen molar-refractivity contribution in [2.75, 3.05) is 0 Å². The molecule has 0 saturated carbocycles. The molecule has 0 aliphatic carbocycles. The van der Waals surface area contributed by atoms with Crippen LogP contribution in [0.25, 0.3) is 0 Å². The van der Waals surface area contributed by atoms with Gasteiger partial charge in [-0.15, -0.1) is 0 Å². The van der Waals surface area contributed by atoms with Crippen LogP contribution in [0.4, 0.5) is 0 Å². The Morgan fingerprint density at radius 2 is 2.23 bits per heavy atom. The summed E-state index contributed by atoms with van der Waals surface area (Å²) in [5, 5.41) is 8.54. The highest BCUT2D eigenvalue weighted by atomic mass is 79.9. The highest BCUT2D eigenvalue weighted by molar-refractivity contribution is 9.10. The van der Waals surface area contributed by atoms with Gasteiger partial charge in [0.25, 0.3) is 0 Å². The van der Waals surface area contributed by atoms with E-state index in [4.69, 9.17) is 10.8 Å². The van der Waals surface area contributed by atoms with E-state index in [9.17, 15) is 4.79 Å². The minimum Gasteiger partial charge on any atom is -0.481 e. The number of carboxylic acid groups (broad SMARTS) is 1. The predicted octanol–water partition coefficient (Wildman–Crippen LogP) is 1.53. The normalized spacial score (nSPS) is 10.0. The van der Waals surface area contributed by atoms with Crippen LogP contribution in [0, 0.1) is 0 Å². The lowest BCUT2D eigenvalue weighted by Gasteiger charge is -2.03. The first-order valence-electron chi connectivity index (χ1n) is 3.82. The van der Waals surface area contributed by atoms with Gasteiger partial charge in [0.1, 0.15) is 0 Å². The molecule has 0 aromatic heterocycles. The van der Waals surface area contributed by atoms with Gasteiger partial charge in [-0.3, -0.25) is 4.79 Å². The van der Waals surface area contributed by atoms with Crippen LogP contribution in [-0.4, -0.2) is 11.1 Å². The van der Waals surface area contributed by atoms with E-state index in [1.807, 2.05) is 6.07 Å². The molecule has 3 nitrogen and oxygen atoms in total. The zero-order chi connectivity index (χ0) is 9.84. The summed E-state index contributed by atoms with van der Waals surface area (Å²) in [4.78, 5) is 10.4. The lowest BCUT2D eigenvalue weighted by molar-refractivity contribution is -0.136. The molecule has 0 saturated heterocycles. The van der Waals surface area contributed by atoms with E-state index >= 15 is 0 Å². The second-order valence-corrected chi connectivity index (χ2v) is 3.55. The van der Waals surface area contributed by atoms with Crippen LogP contribution < -0.4 is 5.73 Å². The van der Waals surface area contributed by atoms with Crippen LogP contribution >= 0.6 is 15.9 Å². The maximum Gasteiger partial charge on any atom is 0.307 e. The fourth-order valence-corrected chi connectivity index (χ4v) is 1.63. The zero-order valence-corrected chi connectivity index (χ0v) is 8.54. The van der Waals surface area contributed by atoms with Crippen molar-refractivity contribution in [3.05, 3.63) is 33.8 Å². The third-order valence-corrected chi connectivity index (χ3v) is 2.43. The fraction of sp³-hybridized carbons (Fsp3) is 0.222. The third kappa shape index (κ3) is 2.82. The van der Waals surface area contributed by atoms with Gasteiger partial charge in [0.15, 0.2) is 0 Å². The smallest absolute Gasteiger partial charge is 0.307 e. The summed E-state index contributed by atoms with van der Waals surface area (Å²) in [6, 6.07) is 5.40. The Kier molecular flexibility index (Phi) is 3.45. The molecule has 0 aliphatic heterocycles. The maximum absolute atomic E-state index is 10.4. The van der Waals surface area contributed by atoms with Gasteiger partial charge in [-0.1, -0.05) is 28.1 Å². The van der Waals surface area contributed by atoms with E-state index in [0.29, 0.717) is 6.54 Å². The molecule has 3 N–H and O–H groups in total. The van der Waals surface area contributed by atoms with E-state index in [2.05, 4.69) is 15.9 Å². The molecule has 0 amide bonds. The minimum atomic E-state index is -0.826. The lowest BCUT2D eigenvalue weighted by atomic mass is 10.1. The SMILES string of the molecule is NCc1ccc(CC(=O)O)cc1Br. The van der Waals surface area contributed by atoms with Crippen LogP contribution in [0.2, 0.25) is 0 Å². The molecule has 1 aromatic carbocycles.